The lowest BCUT2D eigenvalue weighted by atomic mass is 10.1. The lowest BCUT2D eigenvalue weighted by Crippen LogP contribution is -2.33. The average molecular weight is 626 g/mol. The van der Waals surface area contributed by atoms with Crippen molar-refractivity contribution >= 4 is 29.4 Å². The molecule has 232 valence electrons. The number of aliphatic hydroxyl groups is 1. The van der Waals surface area contributed by atoms with E-state index in [0.29, 0.717) is 36.1 Å². The molecule has 0 bridgehead atoms. The third kappa shape index (κ3) is 8.80. The Balaban J connectivity index is 0.000000339. The number of nitrogens with zero attached hydrogens (tertiary/aromatic N) is 4. The van der Waals surface area contributed by atoms with Crippen LogP contribution in [-0.2, 0) is 9.53 Å². The quantitative estimate of drug-likeness (QED) is 0.185. The number of aromatic nitrogens is 4. The van der Waals surface area contributed by atoms with Crippen LogP contribution in [0, 0.1) is 12.7 Å². The minimum absolute atomic E-state index is 0.0679. The maximum absolute atomic E-state index is 13.7. The molecule has 3 heterocycles. The van der Waals surface area contributed by atoms with Crippen LogP contribution >= 0.6 is 11.6 Å². The summed E-state index contributed by atoms with van der Waals surface area (Å²) in [5, 5.41) is 23.7. The number of benzene rings is 2. The van der Waals surface area contributed by atoms with Crippen LogP contribution in [0.2, 0.25) is 5.02 Å². The molecule has 1 aliphatic heterocycles. The van der Waals surface area contributed by atoms with E-state index < -0.39 is 29.8 Å². The van der Waals surface area contributed by atoms with Crippen molar-refractivity contribution < 1.29 is 28.9 Å². The highest BCUT2D eigenvalue weighted by molar-refractivity contribution is 6.30. The van der Waals surface area contributed by atoms with Crippen LogP contribution in [0.15, 0.2) is 67.3 Å². The van der Waals surface area contributed by atoms with Crippen LogP contribution in [0.4, 0.5) is 10.3 Å². The van der Waals surface area contributed by atoms with Crippen molar-refractivity contribution in [3.05, 3.63) is 100 Å². The zero-order chi connectivity index (χ0) is 31.6. The maximum atomic E-state index is 13.7. The van der Waals surface area contributed by atoms with Gasteiger partial charge in [-0.15, -0.1) is 0 Å². The molecule has 1 saturated heterocycles. The highest BCUT2D eigenvalue weighted by Gasteiger charge is 2.20. The third-order valence-corrected chi connectivity index (χ3v) is 6.96. The Hall–Kier alpha value is -4.43. The number of nitrogens with two attached hydrogens (primary N) is 1. The molecule has 0 saturated carbocycles. The number of ether oxygens (including phenoxy) is 1. The number of carboxylic acids is 1. The van der Waals surface area contributed by atoms with Gasteiger partial charge in [0.05, 0.1) is 6.04 Å². The lowest BCUT2D eigenvalue weighted by molar-refractivity contribution is -0.146. The summed E-state index contributed by atoms with van der Waals surface area (Å²) < 4.78 is 20.8. The zero-order valence-corrected chi connectivity index (χ0v) is 24.6. The number of hydrogen-bond acceptors (Lipinski definition) is 9. The van der Waals surface area contributed by atoms with Crippen LogP contribution < -0.4 is 16.4 Å². The maximum Gasteiger partial charge on any atom is 0.337 e. The topological polar surface area (TPSA) is 178 Å². The smallest absolute Gasteiger partial charge is 0.337 e. The number of carbonyl (C=O) groups is 2. The zero-order valence-electron chi connectivity index (χ0n) is 23.9. The second kappa shape index (κ2) is 15.3. The Kier molecular flexibility index (Phi) is 11.3. The lowest BCUT2D eigenvalue weighted by Gasteiger charge is -2.23. The fourth-order valence-electron chi connectivity index (χ4n) is 4.41. The fourth-order valence-corrected chi connectivity index (χ4v) is 4.64. The molecule has 12 nitrogen and oxygen atoms in total. The molecule has 44 heavy (non-hydrogen) atoms. The van der Waals surface area contributed by atoms with Gasteiger partial charge in [0.1, 0.15) is 23.7 Å². The van der Waals surface area contributed by atoms with Crippen LogP contribution in [0.5, 0.6) is 0 Å². The Morgan fingerprint density at radius 3 is 2.55 bits per heavy atom. The van der Waals surface area contributed by atoms with Gasteiger partial charge >= 0.3 is 5.97 Å². The summed E-state index contributed by atoms with van der Waals surface area (Å²) in [6.45, 7) is 3.37. The van der Waals surface area contributed by atoms with Gasteiger partial charge in [-0.25, -0.2) is 19.2 Å². The van der Waals surface area contributed by atoms with Gasteiger partial charge in [-0.3, -0.25) is 9.36 Å². The first-order chi connectivity index (χ1) is 21.1. The second-order valence-corrected chi connectivity index (χ2v) is 10.4. The van der Waals surface area contributed by atoms with E-state index >= 15 is 0 Å². The summed E-state index contributed by atoms with van der Waals surface area (Å²) in [6, 6.07) is 11.9. The van der Waals surface area contributed by atoms with Crippen molar-refractivity contribution in [2.24, 2.45) is 5.73 Å². The van der Waals surface area contributed by atoms with Gasteiger partial charge in [0.25, 0.3) is 5.91 Å². The molecule has 2 aromatic carbocycles. The molecule has 2 atom stereocenters. The molecule has 0 aliphatic carbocycles. The Morgan fingerprint density at radius 2 is 1.89 bits per heavy atom. The largest absolute Gasteiger partial charge is 0.479 e. The third-order valence-electron chi connectivity index (χ3n) is 6.74. The Morgan fingerprint density at radius 1 is 1.16 bits per heavy atom. The molecule has 4 aromatic rings. The molecule has 14 heteroatoms. The number of halogens is 2. The number of carbonyl (C=O) groups excluding carboxylic acids is 1. The number of imidazole rings is 1. The minimum Gasteiger partial charge on any atom is -0.479 e. The van der Waals surface area contributed by atoms with E-state index in [-0.39, 0.29) is 23.3 Å². The van der Waals surface area contributed by atoms with E-state index in [4.69, 9.17) is 32.3 Å². The average Bonchev–Trinajstić information content (AvgIpc) is 3.51. The molecule has 0 spiro atoms. The molecule has 1 fully saturated rings. The molecule has 0 radical (unpaired) electrons. The highest BCUT2D eigenvalue weighted by Crippen LogP contribution is 2.21. The molecule has 6 N–H and O–H groups in total. The van der Waals surface area contributed by atoms with E-state index in [0.717, 1.165) is 18.4 Å². The van der Waals surface area contributed by atoms with E-state index in [1.807, 2.05) is 6.92 Å². The number of anilines is 1. The predicted octanol–water partition coefficient (Wildman–Crippen LogP) is 3.59. The first-order valence-corrected chi connectivity index (χ1v) is 14.2. The summed E-state index contributed by atoms with van der Waals surface area (Å²) in [7, 11) is 0. The van der Waals surface area contributed by atoms with Crippen molar-refractivity contribution in [2.45, 2.75) is 38.0 Å². The number of hydrogen-bond donors (Lipinski definition) is 5. The Bertz CT molecular complexity index is 1550. The highest BCUT2D eigenvalue weighted by atomic mass is 35.5. The van der Waals surface area contributed by atoms with Crippen LogP contribution in [0.25, 0.3) is 5.82 Å². The predicted molar refractivity (Wildman–Crippen MR) is 161 cm³/mol. The van der Waals surface area contributed by atoms with Crippen LogP contribution in [0.1, 0.15) is 52.2 Å². The van der Waals surface area contributed by atoms with Gasteiger partial charge in [0.15, 0.2) is 6.10 Å². The first-order valence-electron chi connectivity index (χ1n) is 13.8. The number of nitrogens with one attached hydrogen (secondary N) is 2. The van der Waals surface area contributed by atoms with Crippen molar-refractivity contribution in [3.8, 4) is 5.82 Å². The number of amides is 1. The van der Waals surface area contributed by atoms with Gasteiger partial charge in [0, 0.05) is 48.8 Å². The van der Waals surface area contributed by atoms with Crippen molar-refractivity contribution in [1.82, 2.24) is 24.8 Å². The molecule has 2 aromatic heterocycles. The number of aliphatic carboxylic acids is 1. The fraction of sp³-hybridized carbons (Fsp3) is 0.300. The Labute approximate surface area is 258 Å². The standard InChI is InChI=1S/C22H25ClFN7O2.C8H8O3/c1-13-10-26-22(28-17-2-4-33-5-3-17)30-20(13)31-11-19(27-12-31)21(32)29-18(9-25)14-6-15(23)8-16(24)7-14;9-7(8(10)11)6-4-2-1-3-5-6/h6-8,10-12,17-18H,2-5,9,25H2,1H3,(H,29,32)(H,26,28,30);1-5,7,9H,(H,10,11)/t;7-/m.0/s1. The van der Waals surface area contributed by atoms with Gasteiger partial charge in [-0.05, 0) is 49.1 Å². The van der Waals surface area contributed by atoms with Gasteiger partial charge in [-0.1, -0.05) is 41.9 Å². The van der Waals surface area contributed by atoms with Gasteiger partial charge < -0.3 is 31.3 Å². The minimum atomic E-state index is -1.41. The summed E-state index contributed by atoms with van der Waals surface area (Å²) in [6.07, 6.45) is 5.19. The van der Waals surface area contributed by atoms with E-state index in [1.165, 1.54) is 18.5 Å². The summed E-state index contributed by atoms with van der Waals surface area (Å²) >= 11 is 5.93. The van der Waals surface area contributed by atoms with Crippen LogP contribution in [-0.4, -0.2) is 67.4 Å². The number of aryl methyl sites for hydroxylation is 1. The molecular weight excluding hydrogens is 593 g/mol. The number of carboxylic acid groups (broad SMARTS) is 1. The molecule has 1 amide bonds. The molecule has 1 unspecified atom stereocenters. The summed E-state index contributed by atoms with van der Waals surface area (Å²) in [5.41, 5.74) is 7.68. The SMILES string of the molecule is Cc1cnc(NC2CCOCC2)nc1-n1cnc(C(=O)NC(CN)c2cc(F)cc(Cl)c2)c1.O=C(O)[C@@H](O)c1ccccc1. The van der Waals surface area contributed by atoms with E-state index in [2.05, 4.69) is 25.6 Å². The summed E-state index contributed by atoms with van der Waals surface area (Å²) in [4.78, 5) is 36.2. The van der Waals surface area contributed by atoms with Crippen molar-refractivity contribution in [2.75, 3.05) is 25.1 Å². The van der Waals surface area contributed by atoms with Crippen molar-refractivity contribution in [1.29, 1.82) is 0 Å². The second-order valence-electron chi connectivity index (χ2n) is 10.0. The number of aliphatic hydroxyl groups excluding tert-OH is 1. The van der Waals surface area contributed by atoms with Gasteiger partial charge in [-0.2, -0.15) is 4.98 Å². The molecule has 1 aliphatic rings. The molecule has 5 rings (SSSR count). The summed E-state index contributed by atoms with van der Waals surface area (Å²) in [5.74, 6) is -1.06. The van der Waals surface area contributed by atoms with E-state index in [1.54, 1.807) is 53.4 Å². The number of rotatable bonds is 9. The van der Waals surface area contributed by atoms with E-state index in [9.17, 15) is 14.0 Å². The normalized spacial score (nSPS) is 14.6. The first kappa shape index (κ1) is 32.5. The monoisotopic (exact) mass is 625 g/mol. The molecular formula is C30H33ClFN7O5. The van der Waals surface area contributed by atoms with Crippen LogP contribution in [0.3, 0.4) is 0 Å². The van der Waals surface area contributed by atoms with Crippen molar-refractivity contribution in [3.63, 3.8) is 0 Å². The van der Waals surface area contributed by atoms with Gasteiger partial charge in [0.2, 0.25) is 5.95 Å².